The Labute approximate surface area is 127 Å². The fraction of sp³-hybridized carbons (Fsp3) is 0.143. The summed E-state index contributed by atoms with van der Waals surface area (Å²) in [4.78, 5) is -0.00463. The summed E-state index contributed by atoms with van der Waals surface area (Å²) in [7, 11) is 0. The molecule has 0 saturated carbocycles. The van der Waals surface area contributed by atoms with Gasteiger partial charge in [-0.05, 0) is 35.7 Å². The first-order valence-corrected chi connectivity index (χ1v) is 7.49. The molecule has 0 spiro atoms. The standard InChI is InChI=1S/C14H10Br2ClF/c15-10-5-6-11(13(17)8-10)12(16)7-9-3-1-2-4-14(9)18/h1-6,8,12H,7H2. The molecule has 0 fully saturated rings. The minimum atomic E-state index is -0.185. The first kappa shape index (κ1) is 14.0. The Balaban J connectivity index is 2.22. The highest BCUT2D eigenvalue weighted by Crippen LogP contribution is 2.34. The molecule has 0 aliphatic rings. The summed E-state index contributed by atoms with van der Waals surface area (Å²) >= 11 is 13.1. The zero-order chi connectivity index (χ0) is 13.1. The smallest absolute Gasteiger partial charge is 0.126 e. The average Bonchev–Trinajstić information content (AvgIpc) is 2.32. The van der Waals surface area contributed by atoms with Gasteiger partial charge in [0.1, 0.15) is 5.82 Å². The molecule has 0 N–H and O–H groups in total. The molecule has 0 heterocycles. The second kappa shape index (κ2) is 6.18. The van der Waals surface area contributed by atoms with Gasteiger partial charge in [-0.1, -0.05) is 67.7 Å². The van der Waals surface area contributed by atoms with E-state index in [0.29, 0.717) is 17.0 Å². The highest BCUT2D eigenvalue weighted by atomic mass is 79.9. The van der Waals surface area contributed by atoms with Crippen LogP contribution in [0.3, 0.4) is 0 Å². The Kier molecular flexibility index (Phi) is 4.82. The van der Waals surface area contributed by atoms with E-state index in [2.05, 4.69) is 31.9 Å². The van der Waals surface area contributed by atoms with Gasteiger partial charge < -0.3 is 0 Å². The SMILES string of the molecule is Fc1ccccc1CC(Br)c1ccc(Br)cc1Cl. The summed E-state index contributed by atoms with van der Waals surface area (Å²) in [5.41, 5.74) is 1.64. The Bertz CT molecular complexity index is 557. The quantitative estimate of drug-likeness (QED) is 0.569. The summed E-state index contributed by atoms with van der Waals surface area (Å²) < 4.78 is 14.5. The Morgan fingerprint density at radius 3 is 2.56 bits per heavy atom. The molecule has 18 heavy (non-hydrogen) atoms. The van der Waals surface area contributed by atoms with E-state index >= 15 is 0 Å². The lowest BCUT2D eigenvalue weighted by molar-refractivity contribution is 0.608. The predicted molar refractivity (Wildman–Crippen MR) is 80.9 cm³/mol. The summed E-state index contributed by atoms with van der Waals surface area (Å²) in [5.74, 6) is -0.185. The van der Waals surface area contributed by atoms with E-state index in [1.807, 2.05) is 24.3 Å². The van der Waals surface area contributed by atoms with Crippen molar-refractivity contribution >= 4 is 43.5 Å². The van der Waals surface area contributed by atoms with Gasteiger partial charge in [-0.15, -0.1) is 0 Å². The van der Waals surface area contributed by atoms with Crippen LogP contribution in [0.15, 0.2) is 46.9 Å². The first-order valence-electron chi connectivity index (χ1n) is 5.40. The van der Waals surface area contributed by atoms with Crippen molar-refractivity contribution < 1.29 is 4.39 Å². The van der Waals surface area contributed by atoms with Crippen molar-refractivity contribution in [3.8, 4) is 0 Å². The van der Waals surface area contributed by atoms with E-state index in [1.54, 1.807) is 12.1 Å². The average molecular weight is 392 g/mol. The van der Waals surface area contributed by atoms with E-state index in [4.69, 9.17) is 11.6 Å². The first-order chi connectivity index (χ1) is 8.58. The molecule has 0 bridgehead atoms. The molecule has 0 amide bonds. The number of halogens is 4. The Morgan fingerprint density at radius 1 is 1.17 bits per heavy atom. The predicted octanol–water partition coefficient (Wildman–Crippen LogP) is 5.92. The van der Waals surface area contributed by atoms with Gasteiger partial charge in [-0.3, -0.25) is 0 Å². The summed E-state index contributed by atoms with van der Waals surface area (Å²) in [5, 5.41) is 0.669. The molecule has 0 aliphatic heterocycles. The maximum absolute atomic E-state index is 13.6. The summed E-state index contributed by atoms with van der Waals surface area (Å²) in [6.07, 6.45) is 0.564. The lowest BCUT2D eigenvalue weighted by Crippen LogP contribution is -1.98. The molecule has 2 aromatic rings. The zero-order valence-corrected chi connectivity index (χ0v) is 13.3. The van der Waals surface area contributed by atoms with Crippen LogP contribution in [-0.4, -0.2) is 0 Å². The van der Waals surface area contributed by atoms with E-state index < -0.39 is 0 Å². The normalized spacial score (nSPS) is 12.4. The third-order valence-corrected chi connectivity index (χ3v) is 4.29. The van der Waals surface area contributed by atoms with E-state index in [9.17, 15) is 4.39 Å². The lowest BCUT2D eigenvalue weighted by Gasteiger charge is -2.13. The monoisotopic (exact) mass is 390 g/mol. The van der Waals surface area contributed by atoms with Crippen LogP contribution in [0, 0.1) is 5.82 Å². The van der Waals surface area contributed by atoms with Crippen molar-refractivity contribution in [1.29, 1.82) is 0 Å². The minimum Gasteiger partial charge on any atom is -0.207 e. The molecule has 0 nitrogen and oxygen atoms in total. The molecule has 0 saturated heterocycles. The van der Waals surface area contributed by atoms with Gasteiger partial charge in [-0.2, -0.15) is 0 Å². The molecule has 0 aromatic heterocycles. The number of benzene rings is 2. The summed E-state index contributed by atoms with van der Waals surface area (Å²) in [6, 6.07) is 12.5. The number of hydrogen-bond acceptors (Lipinski definition) is 0. The van der Waals surface area contributed by atoms with Crippen molar-refractivity contribution in [2.45, 2.75) is 11.2 Å². The number of rotatable bonds is 3. The van der Waals surface area contributed by atoms with Crippen molar-refractivity contribution in [3.63, 3.8) is 0 Å². The van der Waals surface area contributed by atoms with Gasteiger partial charge in [0.15, 0.2) is 0 Å². The zero-order valence-electron chi connectivity index (χ0n) is 9.34. The van der Waals surface area contributed by atoms with Gasteiger partial charge in [0.25, 0.3) is 0 Å². The minimum absolute atomic E-state index is 0.00463. The van der Waals surface area contributed by atoms with E-state index in [-0.39, 0.29) is 10.6 Å². The Morgan fingerprint density at radius 2 is 1.89 bits per heavy atom. The van der Waals surface area contributed by atoms with Crippen LogP contribution in [0.1, 0.15) is 16.0 Å². The van der Waals surface area contributed by atoms with E-state index in [1.165, 1.54) is 6.07 Å². The van der Waals surface area contributed by atoms with E-state index in [0.717, 1.165) is 10.0 Å². The largest absolute Gasteiger partial charge is 0.207 e. The lowest BCUT2D eigenvalue weighted by atomic mass is 10.0. The number of alkyl halides is 1. The van der Waals surface area contributed by atoms with Crippen LogP contribution in [0.4, 0.5) is 4.39 Å². The van der Waals surface area contributed by atoms with Gasteiger partial charge in [0, 0.05) is 14.3 Å². The molecule has 94 valence electrons. The third kappa shape index (κ3) is 3.34. The van der Waals surface area contributed by atoms with Gasteiger partial charge >= 0.3 is 0 Å². The molecule has 1 atom stereocenters. The molecule has 2 rings (SSSR count). The highest BCUT2D eigenvalue weighted by molar-refractivity contribution is 9.10. The van der Waals surface area contributed by atoms with Crippen LogP contribution >= 0.6 is 43.5 Å². The molecular formula is C14H10Br2ClF. The molecule has 1 unspecified atom stereocenters. The van der Waals surface area contributed by atoms with Gasteiger partial charge in [-0.25, -0.2) is 4.39 Å². The van der Waals surface area contributed by atoms with Crippen molar-refractivity contribution in [1.82, 2.24) is 0 Å². The maximum Gasteiger partial charge on any atom is 0.126 e. The van der Waals surface area contributed by atoms with Crippen molar-refractivity contribution in [3.05, 3.63) is 68.9 Å². The molecular weight excluding hydrogens is 382 g/mol. The maximum atomic E-state index is 13.6. The molecule has 2 aromatic carbocycles. The molecule has 0 aliphatic carbocycles. The summed E-state index contributed by atoms with van der Waals surface area (Å²) in [6.45, 7) is 0. The topological polar surface area (TPSA) is 0 Å². The fourth-order valence-electron chi connectivity index (χ4n) is 1.72. The fourth-order valence-corrected chi connectivity index (χ4v) is 3.41. The highest BCUT2D eigenvalue weighted by Gasteiger charge is 2.14. The second-order valence-corrected chi connectivity index (χ2v) is 6.36. The van der Waals surface area contributed by atoms with Crippen LogP contribution in [-0.2, 0) is 6.42 Å². The molecule has 0 radical (unpaired) electrons. The van der Waals surface area contributed by atoms with Crippen LogP contribution < -0.4 is 0 Å². The van der Waals surface area contributed by atoms with Crippen LogP contribution in [0.2, 0.25) is 5.02 Å². The van der Waals surface area contributed by atoms with Crippen molar-refractivity contribution in [2.24, 2.45) is 0 Å². The van der Waals surface area contributed by atoms with Gasteiger partial charge in [0.2, 0.25) is 0 Å². The third-order valence-electron chi connectivity index (χ3n) is 2.66. The van der Waals surface area contributed by atoms with Crippen molar-refractivity contribution in [2.75, 3.05) is 0 Å². The Hall–Kier alpha value is -0.380. The molecule has 4 heteroatoms. The van der Waals surface area contributed by atoms with Crippen LogP contribution in [0.5, 0.6) is 0 Å². The van der Waals surface area contributed by atoms with Gasteiger partial charge in [0.05, 0.1) is 0 Å². The second-order valence-electron chi connectivity index (χ2n) is 3.93. The number of hydrogen-bond donors (Lipinski definition) is 0. The van der Waals surface area contributed by atoms with Crippen LogP contribution in [0.25, 0.3) is 0 Å².